The molecule has 0 bridgehead atoms. The lowest BCUT2D eigenvalue weighted by Gasteiger charge is -2.41. The molecule has 0 spiro atoms. The number of rotatable bonds is 3. The normalized spacial score (nSPS) is 26.8. The highest BCUT2D eigenvalue weighted by molar-refractivity contribution is 5.75. The van der Waals surface area contributed by atoms with Gasteiger partial charge in [0.05, 0.1) is 11.1 Å². The minimum atomic E-state index is -0.645. The van der Waals surface area contributed by atoms with E-state index in [1.807, 2.05) is 24.7 Å². The minimum absolute atomic E-state index is 0.272. The van der Waals surface area contributed by atoms with Gasteiger partial charge < -0.3 is 5.11 Å². The van der Waals surface area contributed by atoms with E-state index in [1.54, 1.807) is 0 Å². The largest absolute Gasteiger partial charge is 0.481 e. The van der Waals surface area contributed by atoms with Crippen LogP contribution in [0.5, 0.6) is 0 Å². The van der Waals surface area contributed by atoms with Crippen LogP contribution in [0.25, 0.3) is 0 Å². The summed E-state index contributed by atoms with van der Waals surface area (Å²) in [6, 6.07) is 2.01. The van der Waals surface area contributed by atoms with E-state index in [0.29, 0.717) is 12.3 Å². The summed E-state index contributed by atoms with van der Waals surface area (Å²) in [7, 11) is 1.90. The van der Waals surface area contributed by atoms with Crippen molar-refractivity contribution in [1.82, 2.24) is 9.78 Å². The first-order chi connectivity index (χ1) is 9.64. The van der Waals surface area contributed by atoms with Gasteiger partial charge in [0.25, 0.3) is 0 Å². The molecule has 0 atom stereocenters. The maximum absolute atomic E-state index is 11.9. The predicted octanol–water partition coefficient (Wildman–Crippen LogP) is 3.58. The van der Waals surface area contributed by atoms with Crippen LogP contribution in [0.4, 0.5) is 0 Å². The highest BCUT2D eigenvalue weighted by Crippen LogP contribution is 2.47. The zero-order valence-corrected chi connectivity index (χ0v) is 13.9. The number of carboxylic acids is 1. The lowest BCUT2D eigenvalue weighted by molar-refractivity contribution is -0.152. The van der Waals surface area contributed by atoms with Crippen molar-refractivity contribution in [3.05, 3.63) is 17.5 Å². The second-order valence-electron chi connectivity index (χ2n) is 7.80. The van der Waals surface area contributed by atoms with Crippen molar-refractivity contribution in [3.63, 3.8) is 0 Å². The first-order valence-corrected chi connectivity index (χ1v) is 7.87. The van der Waals surface area contributed by atoms with Crippen LogP contribution >= 0.6 is 0 Å². The molecule has 0 aliphatic heterocycles. The fourth-order valence-corrected chi connectivity index (χ4v) is 3.68. The summed E-state index contributed by atoms with van der Waals surface area (Å²) in [5.41, 5.74) is 1.65. The Morgan fingerprint density at radius 3 is 2.38 bits per heavy atom. The van der Waals surface area contributed by atoms with Crippen LogP contribution in [0.1, 0.15) is 57.8 Å². The van der Waals surface area contributed by atoms with Crippen molar-refractivity contribution in [2.24, 2.45) is 23.8 Å². The van der Waals surface area contributed by atoms with Crippen LogP contribution in [-0.4, -0.2) is 20.9 Å². The van der Waals surface area contributed by atoms with Gasteiger partial charge in [-0.25, -0.2) is 0 Å². The molecule has 2 rings (SSSR count). The Kier molecular flexibility index (Phi) is 4.18. The Bertz CT molecular complexity index is 517. The van der Waals surface area contributed by atoms with Gasteiger partial charge in [-0.15, -0.1) is 0 Å². The Hall–Kier alpha value is -1.32. The Morgan fingerprint density at radius 2 is 2.00 bits per heavy atom. The van der Waals surface area contributed by atoms with Crippen molar-refractivity contribution in [2.75, 3.05) is 0 Å². The number of hydrogen-bond donors (Lipinski definition) is 1. The zero-order valence-electron chi connectivity index (χ0n) is 13.9. The highest BCUT2D eigenvalue weighted by atomic mass is 16.4. The number of carbonyl (C=O) groups is 1. The van der Waals surface area contributed by atoms with Gasteiger partial charge in [0.15, 0.2) is 0 Å². The molecule has 1 aliphatic rings. The van der Waals surface area contributed by atoms with E-state index in [1.165, 1.54) is 0 Å². The van der Waals surface area contributed by atoms with Crippen LogP contribution in [0.15, 0.2) is 6.07 Å². The van der Waals surface area contributed by atoms with Gasteiger partial charge in [-0.2, -0.15) is 5.10 Å². The first kappa shape index (κ1) is 16.1. The summed E-state index contributed by atoms with van der Waals surface area (Å²) >= 11 is 0. The number of aryl methyl sites for hydroxylation is 2. The van der Waals surface area contributed by atoms with Crippen LogP contribution in [-0.2, 0) is 18.3 Å². The summed E-state index contributed by atoms with van der Waals surface area (Å²) in [6.07, 6.45) is 4.15. The molecule has 0 saturated heterocycles. The van der Waals surface area contributed by atoms with Gasteiger partial charge in [0.2, 0.25) is 0 Å². The summed E-state index contributed by atoms with van der Waals surface area (Å²) in [5.74, 6) is -0.0213. The van der Waals surface area contributed by atoms with Gasteiger partial charge in [-0.3, -0.25) is 9.48 Å². The summed E-state index contributed by atoms with van der Waals surface area (Å²) in [4.78, 5) is 11.9. The summed E-state index contributed by atoms with van der Waals surface area (Å²) < 4.78 is 1.83. The fourth-order valence-electron chi connectivity index (χ4n) is 3.68. The first-order valence-electron chi connectivity index (χ1n) is 7.87. The van der Waals surface area contributed by atoms with Crippen molar-refractivity contribution in [3.8, 4) is 0 Å². The number of aliphatic carboxylic acids is 1. The number of hydrogen-bond acceptors (Lipinski definition) is 2. The van der Waals surface area contributed by atoms with E-state index >= 15 is 0 Å². The second kappa shape index (κ2) is 5.47. The quantitative estimate of drug-likeness (QED) is 0.926. The van der Waals surface area contributed by atoms with Crippen molar-refractivity contribution in [2.45, 2.75) is 59.8 Å². The van der Waals surface area contributed by atoms with Gasteiger partial charge in [-0.05, 0) is 50.0 Å². The van der Waals surface area contributed by atoms with Crippen LogP contribution < -0.4 is 0 Å². The lowest BCUT2D eigenvalue weighted by atomic mass is 9.62. The Labute approximate surface area is 127 Å². The molecule has 21 heavy (non-hydrogen) atoms. The van der Waals surface area contributed by atoms with E-state index in [0.717, 1.165) is 37.1 Å². The molecule has 0 radical (unpaired) electrons. The molecule has 1 fully saturated rings. The van der Waals surface area contributed by atoms with Gasteiger partial charge >= 0.3 is 5.97 Å². The standard InChI is InChI=1S/C17H28N2O2/c1-12-10-14(19(5)18-12)11-17(15(20)21)8-6-13(7-9-17)16(2,3)4/h10,13H,6-9,11H2,1-5H3,(H,20,21). The third-order valence-corrected chi connectivity index (χ3v) is 5.24. The average molecular weight is 292 g/mol. The maximum Gasteiger partial charge on any atom is 0.310 e. The Morgan fingerprint density at radius 1 is 1.43 bits per heavy atom. The molecule has 0 amide bonds. The van der Waals surface area contributed by atoms with Crippen LogP contribution in [0.3, 0.4) is 0 Å². The predicted molar refractivity (Wildman–Crippen MR) is 83.1 cm³/mol. The van der Waals surface area contributed by atoms with E-state index in [9.17, 15) is 9.90 Å². The third kappa shape index (κ3) is 3.30. The summed E-state index contributed by atoms with van der Waals surface area (Å²) in [5, 5.41) is 14.2. The SMILES string of the molecule is Cc1cc(CC2(C(=O)O)CCC(C(C)(C)C)CC2)n(C)n1. The number of nitrogens with zero attached hydrogens (tertiary/aromatic N) is 2. The zero-order chi connectivity index (χ0) is 15.8. The average Bonchev–Trinajstić information content (AvgIpc) is 2.67. The smallest absolute Gasteiger partial charge is 0.310 e. The monoisotopic (exact) mass is 292 g/mol. The molecule has 118 valence electrons. The van der Waals surface area contributed by atoms with Gasteiger partial charge in [0.1, 0.15) is 0 Å². The number of carboxylic acid groups (broad SMARTS) is 1. The molecule has 4 heteroatoms. The molecule has 1 aliphatic carbocycles. The van der Waals surface area contributed by atoms with E-state index in [2.05, 4.69) is 25.9 Å². The minimum Gasteiger partial charge on any atom is -0.481 e. The Balaban J connectivity index is 2.17. The van der Waals surface area contributed by atoms with E-state index in [4.69, 9.17) is 0 Å². The topological polar surface area (TPSA) is 55.1 Å². The highest BCUT2D eigenvalue weighted by Gasteiger charge is 2.44. The number of aromatic nitrogens is 2. The maximum atomic E-state index is 11.9. The molecule has 1 saturated carbocycles. The van der Waals surface area contributed by atoms with Crippen molar-refractivity contribution < 1.29 is 9.90 Å². The van der Waals surface area contributed by atoms with E-state index in [-0.39, 0.29) is 5.41 Å². The van der Waals surface area contributed by atoms with Gasteiger partial charge in [0, 0.05) is 19.2 Å². The molecule has 1 aromatic rings. The molecule has 0 unspecified atom stereocenters. The molecule has 4 nitrogen and oxygen atoms in total. The van der Waals surface area contributed by atoms with Crippen LogP contribution in [0.2, 0.25) is 0 Å². The van der Waals surface area contributed by atoms with Crippen LogP contribution in [0, 0.1) is 23.7 Å². The lowest BCUT2D eigenvalue weighted by Crippen LogP contribution is -2.40. The molecule has 0 aromatic carbocycles. The van der Waals surface area contributed by atoms with E-state index < -0.39 is 11.4 Å². The van der Waals surface area contributed by atoms with Crippen molar-refractivity contribution in [1.29, 1.82) is 0 Å². The second-order valence-corrected chi connectivity index (χ2v) is 7.80. The molecular formula is C17H28N2O2. The fraction of sp³-hybridized carbons (Fsp3) is 0.765. The third-order valence-electron chi connectivity index (χ3n) is 5.24. The molecule has 1 N–H and O–H groups in total. The molecular weight excluding hydrogens is 264 g/mol. The molecule has 1 heterocycles. The van der Waals surface area contributed by atoms with Gasteiger partial charge in [-0.1, -0.05) is 20.8 Å². The summed E-state index contributed by atoms with van der Waals surface area (Å²) in [6.45, 7) is 8.73. The molecule has 1 aromatic heterocycles. The van der Waals surface area contributed by atoms with Crippen molar-refractivity contribution >= 4 is 5.97 Å².